The highest BCUT2D eigenvalue weighted by Crippen LogP contribution is 2.31. The van der Waals surface area contributed by atoms with Crippen molar-refractivity contribution in [3.63, 3.8) is 0 Å². The number of carbonyl (C=O) groups is 7. The molecular formula is C42H53F2N7O10. The van der Waals surface area contributed by atoms with Crippen molar-refractivity contribution >= 4 is 47.2 Å². The van der Waals surface area contributed by atoms with E-state index in [4.69, 9.17) is 14.2 Å². The summed E-state index contributed by atoms with van der Waals surface area (Å²) in [6, 6.07) is -1.03. The lowest BCUT2D eigenvalue weighted by Crippen LogP contribution is -2.63. The standard InChI is InChI=1S/C42H53F2N7O10/c1-22-15-32-41(57)61-24(3)35(40(56)50-14-8-10-31(50)39(55)49-13-7-6-9-30(49)37(53)45-23(2)38(54)51(32)21-22)48-36(52)29(18-25-16-26(43)19-27(44)17-25)47-42(58)46-28-11-12-33(59-4)34(20-28)60-5/h11-12,16-17,19-20,22-24,29-32,35H,6-10,13-15,18,21H2,1-5H3,(H,45,53)(H,48,52)(H2,46,47,58)/t22-,23+,24+,29+,30+,31+,32+,35?/m1/s1. The molecule has 2 aromatic carbocycles. The highest BCUT2D eigenvalue weighted by Gasteiger charge is 2.47. The zero-order chi connectivity index (χ0) is 44.1. The van der Waals surface area contributed by atoms with Gasteiger partial charge in [0.25, 0.3) is 0 Å². The molecule has 4 aliphatic heterocycles. The van der Waals surface area contributed by atoms with Crippen molar-refractivity contribution in [2.24, 2.45) is 5.92 Å². The Morgan fingerprint density at radius 2 is 1.49 bits per heavy atom. The minimum Gasteiger partial charge on any atom is -0.493 e. The predicted octanol–water partition coefficient (Wildman–Crippen LogP) is 2.26. The van der Waals surface area contributed by atoms with E-state index in [1.807, 2.05) is 6.92 Å². The van der Waals surface area contributed by atoms with E-state index in [0.29, 0.717) is 43.2 Å². The van der Waals surface area contributed by atoms with E-state index in [-0.39, 0.29) is 49.6 Å². The second-order valence-corrected chi connectivity index (χ2v) is 16.1. The van der Waals surface area contributed by atoms with Crippen LogP contribution in [0.2, 0.25) is 0 Å². The first-order chi connectivity index (χ1) is 29.1. The number of fused-ring (bicyclic) bond motifs is 3. The fourth-order valence-corrected chi connectivity index (χ4v) is 8.63. The molecule has 4 saturated heterocycles. The van der Waals surface area contributed by atoms with E-state index in [2.05, 4.69) is 21.3 Å². The lowest BCUT2D eigenvalue weighted by atomic mass is 9.99. The molecule has 8 atom stereocenters. The number of piperidine rings is 1. The van der Waals surface area contributed by atoms with Gasteiger partial charge in [0.15, 0.2) is 11.5 Å². The van der Waals surface area contributed by atoms with Crippen molar-refractivity contribution in [2.45, 2.75) is 108 Å². The molecule has 0 spiro atoms. The lowest BCUT2D eigenvalue weighted by molar-refractivity contribution is -0.163. The molecule has 0 aliphatic carbocycles. The Bertz CT molecular complexity index is 2020. The molecule has 0 bridgehead atoms. The highest BCUT2D eigenvalue weighted by atomic mass is 19.1. The van der Waals surface area contributed by atoms with Crippen LogP contribution in [-0.2, 0) is 39.9 Å². The molecule has 61 heavy (non-hydrogen) atoms. The third kappa shape index (κ3) is 10.1. The van der Waals surface area contributed by atoms with Crippen LogP contribution in [0.3, 0.4) is 0 Å². The molecular weight excluding hydrogens is 800 g/mol. The van der Waals surface area contributed by atoms with Crippen molar-refractivity contribution in [3.05, 3.63) is 53.6 Å². The van der Waals surface area contributed by atoms with Crippen LogP contribution in [0.5, 0.6) is 11.5 Å². The van der Waals surface area contributed by atoms with Crippen molar-refractivity contribution in [1.29, 1.82) is 0 Å². The summed E-state index contributed by atoms with van der Waals surface area (Å²) < 4.78 is 45.3. The second kappa shape index (κ2) is 19.1. The van der Waals surface area contributed by atoms with Crippen LogP contribution in [0.15, 0.2) is 36.4 Å². The van der Waals surface area contributed by atoms with Crippen molar-refractivity contribution in [1.82, 2.24) is 30.7 Å². The first-order valence-electron chi connectivity index (χ1n) is 20.6. The maximum Gasteiger partial charge on any atom is 0.329 e. The summed E-state index contributed by atoms with van der Waals surface area (Å²) in [5.74, 6) is -5.45. The van der Waals surface area contributed by atoms with E-state index < -0.39 is 102 Å². The fraction of sp³-hybridized carbons (Fsp3) is 0.548. The molecule has 7 amide bonds. The smallest absolute Gasteiger partial charge is 0.329 e. The number of esters is 1. The van der Waals surface area contributed by atoms with Crippen molar-refractivity contribution < 1.29 is 56.6 Å². The zero-order valence-corrected chi connectivity index (χ0v) is 34.8. The average Bonchev–Trinajstić information content (AvgIpc) is 3.88. The van der Waals surface area contributed by atoms with Gasteiger partial charge in [0.1, 0.15) is 54.0 Å². The third-order valence-electron chi connectivity index (χ3n) is 11.7. The number of anilines is 1. The van der Waals surface area contributed by atoms with E-state index in [0.717, 1.165) is 12.1 Å². The molecule has 330 valence electrons. The van der Waals surface area contributed by atoms with Crippen LogP contribution < -0.4 is 30.7 Å². The first-order valence-corrected chi connectivity index (χ1v) is 20.6. The number of nitrogens with zero attached hydrogens (tertiary/aromatic N) is 3. The normalized spacial score (nSPS) is 26.6. The van der Waals surface area contributed by atoms with Crippen LogP contribution >= 0.6 is 0 Å². The molecule has 2 aromatic rings. The van der Waals surface area contributed by atoms with Gasteiger partial charge in [-0.25, -0.2) is 18.4 Å². The average molecular weight is 854 g/mol. The summed E-state index contributed by atoms with van der Waals surface area (Å²) in [6.45, 7) is 5.30. The lowest BCUT2D eigenvalue weighted by Gasteiger charge is -2.39. The Balaban J connectivity index is 1.34. The van der Waals surface area contributed by atoms with Crippen LogP contribution in [0.1, 0.15) is 64.9 Å². The molecule has 1 unspecified atom stereocenters. The zero-order valence-electron chi connectivity index (χ0n) is 34.8. The molecule has 4 fully saturated rings. The van der Waals surface area contributed by atoms with Gasteiger partial charge >= 0.3 is 12.0 Å². The Labute approximate surface area is 352 Å². The molecule has 17 nitrogen and oxygen atoms in total. The van der Waals surface area contributed by atoms with Gasteiger partial charge in [-0.2, -0.15) is 0 Å². The number of hydrogen-bond acceptors (Lipinski definition) is 10. The summed E-state index contributed by atoms with van der Waals surface area (Å²) in [4.78, 5) is 103. The van der Waals surface area contributed by atoms with Gasteiger partial charge in [-0.1, -0.05) is 6.92 Å². The molecule has 0 radical (unpaired) electrons. The maximum absolute atomic E-state index is 14.7. The third-order valence-corrected chi connectivity index (χ3v) is 11.7. The number of hydrogen-bond donors (Lipinski definition) is 4. The Morgan fingerprint density at radius 1 is 0.820 bits per heavy atom. The number of rotatable bonds is 8. The van der Waals surface area contributed by atoms with Crippen LogP contribution in [-0.4, -0.2) is 132 Å². The Morgan fingerprint density at radius 3 is 2.20 bits per heavy atom. The molecule has 4 aliphatic rings. The minimum atomic E-state index is -1.65. The number of cyclic esters (lactones) is 1. The molecule has 19 heteroatoms. The molecule has 0 saturated carbocycles. The van der Waals surface area contributed by atoms with Crippen LogP contribution in [0, 0.1) is 17.6 Å². The Kier molecular flexibility index (Phi) is 14.0. The number of benzene rings is 2. The second-order valence-electron chi connectivity index (χ2n) is 16.1. The van der Waals surface area contributed by atoms with Gasteiger partial charge in [0.2, 0.25) is 29.5 Å². The topological polar surface area (TPSA) is 205 Å². The number of nitrogens with one attached hydrogen (secondary N) is 4. The summed E-state index contributed by atoms with van der Waals surface area (Å²) in [6.07, 6.45) is 0.660. The van der Waals surface area contributed by atoms with E-state index >= 15 is 0 Å². The molecule has 4 N–H and O–H groups in total. The van der Waals surface area contributed by atoms with Gasteiger partial charge in [-0.15, -0.1) is 0 Å². The van der Waals surface area contributed by atoms with Gasteiger partial charge in [0.05, 0.1) is 14.2 Å². The summed E-state index contributed by atoms with van der Waals surface area (Å²) >= 11 is 0. The molecule has 6 rings (SSSR count). The number of halogens is 2. The molecule has 0 aromatic heterocycles. The summed E-state index contributed by atoms with van der Waals surface area (Å²) in [7, 11) is 2.84. The number of carbonyl (C=O) groups excluding carboxylic acids is 7. The monoisotopic (exact) mass is 853 g/mol. The van der Waals surface area contributed by atoms with Crippen LogP contribution in [0.25, 0.3) is 0 Å². The summed E-state index contributed by atoms with van der Waals surface area (Å²) in [5.41, 5.74) is 0.230. The SMILES string of the molecule is COc1ccc(NC(=O)N[C@@H](Cc2cc(F)cc(F)c2)C(=O)NC2C(=O)N3CCC[C@H]3C(=O)N3CCCC[C@H]3C(=O)N[C@@H](C)C(=O)N3C[C@H](C)C[C@H]3C(=O)O[C@H]2C)cc1OC. The summed E-state index contributed by atoms with van der Waals surface area (Å²) in [5, 5.41) is 10.5. The fourth-order valence-electron chi connectivity index (χ4n) is 8.63. The van der Waals surface area contributed by atoms with Gasteiger partial charge in [-0.3, -0.25) is 24.0 Å². The number of ether oxygens (including phenoxy) is 3. The van der Waals surface area contributed by atoms with Crippen molar-refractivity contribution in [3.8, 4) is 11.5 Å². The van der Waals surface area contributed by atoms with Gasteiger partial charge in [0, 0.05) is 43.9 Å². The van der Waals surface area contributed by atoms with Gasteiger partial charge in [-0.05, 0) is 88.1 Å². The number of urea groups is 1. The predicted molar refractivity (Wildman–Crippen MR) is 214 cm³/mol. The van der Waals surface area contributed by atoms with Crippen LogP contribution in [0.4, 0.5) is 19.3 Å². The first kappa shape index (κ1) is 44.5. The van der Waals surface area contributed by atoms with E-state index in [1.165, 1.54) is 61.0 Å². The van der Waals surface area contributed by atoms with E-state index in [9.17, 15) is 42.3 Å². The van der Waals surface area contributed by atoms with Crippen molar-refractivity contribution in [2.75, 3.05) is 39.2 Å². The van der Waals surface area contributed by atoms with E-state index in [1.54, 1.807) is 0 Å². The maximum atomic E-state index is 14.7. The quantitative estimate of drug-likeness (QED) is 0.285. The minimum absolute atomic E-state index is 0.00692. The number of methoxy groups -OCH3 is 2. The molecule has 4 heterocycles. The highest BCUT2D eigenvalue weighted by molar-refractivity contribution is 5.99. The Hall–Kier alpha value is -6.01. The van der Waals surface area contributed by atoms with Gasteiger partial charge < -0.3 is 50.2 Å². The largest absolute Gasteiger partial charge is 0.493 e. The number of amides is 7.